The van der Waals surface area contributed by atoms with Crippen molar-refractivity contribution < 1.29 is 15.0 Å². The number of aliphatic hydroxyl groups excluding tert-OH is 1. The molecular weight excluding hydrogens is 316 g/mol. The number of H-pyrrole nitrogens is 1. The highest BCUT2D eigenvalue weighted by atomic mass is 16.5. The zero-order chi connectivity index (χ0) is 17.4. The van der Waals surface area contributed by atoms with Gasteiger partial charge in [-0.25, -0.2) is 0 Å². The summed E-state index contributed by atoms with van der Waals surface area (Å²) in [4.78, 5) is 15.9. The molecule has 25 heavy (non-hydrogen) atoms. The predicted octanol–water partition coefficient (Wildman–Crippen LogP) is 2.63. The van der Waals surface area contributed by atoms with Crippen LogP contribution >= 0.6 is 0 Å². The Morgan fingerprint density at radius 3 is 2.80 bits per heavy atom. The third-order valence-corrected chi connectivity index (χ3v) is 5.09. The number of fused-ring (bicyclic) bond motifs is 2. The highest BCUT2D eigenvalue weighted by molar-refractivity contribution is 6.34. The lowest BCUT2D eigenvalue weighted by molar-refractivity contribution is -0.110. The van der Waals surface area contributed by atoms with Crippen molar-refractivity contribution in [2.24, 2.45) is 0 Å². The SMILES string of the molecule is O=C1Nc2ccccc2C1=Cc1[nH]c2c(c1CCC(O)O)CCCC2. The Morgan fingerprint density at radius 1 is 1.16 bits per heavy atom. The van der Waals surface area contributed by atoms with E-state index in [4.69, 9.17) is 0 Å². The summed E-state index contributed by atoms with van der Waals surface area (Å²) >= 11 is 0. The molecular formula is C20H22N2O3. The molecule has 2 aromatic rings. The Hall–Kier alpha value is -2.37. The molecule has 1 aliphatic heterocycles. The summed E-state index contributed by atoms with van der Waals surface area (Å²) in [5.41, 5.74) is 6.97. The number of para-hydroxylation sites is 1. The molecule has 0 fully saturated rings. The summed E-state index contributed by atoms with van der Waals surface area (Å²) in [5.74, 6) is -0.0954. The Morgan fingerprint density at radius 2 is 1.96 bits per heavy atom. The van der Waals surface area contributed by atoms with E-state index in [1.54, 1.807) is 0 Å². The van der Waals surface area contributed by atoms with Gasteiger partial charge in [0.2, 0.25) is 0 Å². The van der Waals surface area contributed by atoms with E-state index >= 15 is 0 Å². The summed E-state index contributed by atoms with van der Waals surface area (Å²) in [6, 6.07) is 7.68. The first-order valence-electron chi connectivity index (χ1n) is 8.84. The molecule has 1 aromatic carbocycles. The quantitative estimate of drug-likeness (QED) is 0.511. The third kappa shape index (κ3) is 3.01. The number of hydrogen-bond donors (Lipinski definition) is 4. The standard InChI is InChI=1S/C20H22N2O3/c23-19(24)10-9-14-12-5-1-3-7-16(12)21-18(14)11-15-13-6-2-4-8-17(13)22-20(15)25/h2,4,6,8,11,19,21,23-24H,1,3,5,7,9-10H2,(H,22,25). The van der Waals surface area contributed by atoms with Crippen LogP contribution in [0.2, 0.25) is 0 Å². The van der Waals surface area contributed by atoms with E-state index < -0.39 is 6.29 Å². The Labute approximate surface area is 146 Å². The second kappa shape index (κ2) is 6.50. The molecule has 2 heterocycles. The van der Waals surface area contributed by atoms with Crippen LogP contribution in [-0.4, -0.2) is 27.4 Å². The van der Waals surface area contributed by atoms with Crippen molar-refractivity contribution in [2.45, 2.75) is 44.8 Å². The van der Waals surface area contributed by atoms with Crippen molar-refractivity contribution in [1.82, 2.24) is 4.98 Å². The van der Waals surface area contributed by atoms with E-state index in [-0.39, 0.29) is 5.91 Å². The highest BCUT2D eigenvalue weighted by Gasteiger charge is 2.25. The van der Waals surface area contributed by atoms with E-state index in [9.17, 15) is 15.0 Å². The smallest absolute Gasteiger partial charge is 0.256 e. The molecule has 0 unspecified atom stereocenters. The van der Waals surface area contributed by atoms with Gasteiger partial charge >= 0.3 is 0 Å². The first kappa shape index (κ1) is 16.1. The van der Waals surface area contributed by atoms with Crippen molar-refractivity contribution in [2.75, 3.05) is 5.32 Å². The fraction of sp³-hybridized carbons (Fsp3) is 0.350. The van der Waals surface area contributed by atoms with Crippen LogP contribution in [0.1, 0.15) is 47.3 Å². The van der Waals surface area contributed by atoms with E-state index in [1.165, 1.54) is 11.3 Å². The molecule has 0 atom stereocenters. The van der Waals surface area contributed by atoms with E-state index in [0.29, 0.717) is 18.4 Å². The van der Waals surface area contributed by atoms with Gasteiger partial charge in [0, 0.05) is 29.1 Å². The summed E-state index contributed by atoms with van der Waals surface area (Å²) in [5, 5.41) is 21.4. The summed E-state index contributed by atoms with van der Waals surface area (Å²) < 4.78 is 0. The minimum absolute atomic E-state index is 0.0954. The average molecular weight is 338 g/mol. The highest BCUT2D eigenvalue weighted by Crippen LogP contribution is 2.35. The minimum atomic E-state index is -1.31. The molecule has 0 saturated heterocycles. The van der Waals surface area contributed by atoms with Crippen molar-refractivity contribution in [3.05, 3.63) is 52.3 Å². The fourth-order valence-electron chi connectivity index (χ4n) is 3.89. The zero-order valence-electron chi connectivity index (χ0n) is 14.0. The number of amides is 1. The number of aromatic nitrogens is 1. The maximum Gasteiger partial charge on any atom is 0.256 e. The number of rotatable bonds is 4. The number of aliphatic hydroxyl groups is 2. The number of carbonyl (C=O) groups excluding carboxylic acids is 1. The van der Waals surface area contributed by atoms with Crippen LogP contribution in [0.15, 0.2) is 24.3 Å². The second-order valence-electron chi connectivity index (χ2n) is 6.76. The number of hydrogen-bond acceptors (Lipinski definition) is 3. The molecule has 1 amide bonds. The van der Waals surface area contributed by atoms with Crippen molar-refractivity contribution in [1.29, 1.82) is 0 Å². The van der Waals surface area contributed by atoms with Crippen LogP contribution in [0.3, 0.4) is 0 Å². The van der Waals surface area contributed by atoms with Gasteiger partial charge in [0.05, 0.1) is 5.57 Å². The average Bonchev–Trinajstić information content (AvgIpc) is 3.11. The first-order chi connectivity index (χ1) is 12.1. The van der Waals surface area contributed by atoms with Crippen molar-refractivity contribution >= 4 is 23.2 Å². The third-order valence-electron chi connectivity index (χ3n) is 5.09. The topological polar surface area (TPSA) is 85.4 Å². The van der Waals surface area contributed by atoms with Gasteiger partial charge in [-0.15, -0.1) is 0 Å². The summed E-state index contributed by atoms with van der Waals surface area (Å²) in [7, 11) is 0. The molecule has 130 valence electrons. The van der Waals surface area contributed by atoms with Gasteiger partial charge in [-0.3, -0.25) is 4.79 Å². The Bertz CT molecular complexity index is 849. The molecule has 0 spiro atoms. The largest absolute Gasteiger partial charge is 0.368 e. The van der Waals surface area contributed by atoms with Gasteiger partial charge in [-0.05, 0) is 55.4 Å². The van der Waals surface area contributed by atoms with Crippen LogP contribution < -0.4 is 5.32 Å². The van der Waals surface area contributed by atoms with E-state index in [2.05, 4.69) is 10.3 Å². The molecule has 1 aromatic heterocycles. The maximum atomic E-state index is 12.4. The maximum absolute atomic E-state index is 12.4. The summed E-state index contributed by atoms with van der Waals surface area (Å²) in [6.07, 6.45) is 5.82. The van der Waals surface area contributed by atoms with Gasteiger partial charge in [-0.2, -0.15) is 0 Å². The first-order valence-corrected chi connectivity index (χ1v) is 8.84. The predicted molar refractivity (Wildman–Crippen MR) is 96.9 cm³/mol. The van der Waals surface area contributed by atoms with Crippen LogP contribution in [0.25, 0.3) is 11.6 Å². The number of benzene rings is 1. The lowest BCUT2D eigenvalue weighted by Crippen LogP contribution is -2.08. The van der Waals surface area contributed by atoms with Gasteiger partial charge in [0.15, 0.2) is 6.29 Å². The second-order valence-corrected chi connectivity index (χ2v) is 6.76. The fourth-order valence-corrected chi connectivity index (χ4v) is 3.89. The molecule has 4 N–H and O–H groups in total. The normalized spacial score (nSPS) is 17.7. The lowest BCUT2D eigenvalue weighted by atomic mass is 9.92. The zero-order valence-corrected chi connectivity index (χ0v) is 14.0. The van der Waals surface area contributed by atoms with Crippen LogP contribution in [-0.2, 0) is 24.1 Å². The van der Waals surface area contributed by atoms with Crippen molar-refractivity contribution in [3.8, 4) is 0 Å². The number of carbonyl (C=O) groups is 1. The number of aryl methyl sites for hydroxylation is 1. The molecule has 0 saturated carbocycles. The number of aromatic amines is 1. The molecule has 4 rings (SSSR count). The minimum Gasteiger partial charge on any atom is -0.368 e. The molecule has 0 bridgehead atoms. The van der Waals surface area contributed by atoms with Gasteiger partial charge in [-0.1, -0.05) is 18.2 Å². The molecule has 0 radical (unpaired) electrons. The van der Waals surface area contributed by atoms with Crippen LogP contribution in [0.5, 0.6) is 0 Å². The molecule has 1 aliphatic carbocycles. The molecule has 5 heteroatoms. The van der Waals surface area contributed by atoms with Gasteiger partial charge in [0.1, 0.15) is 0 Å². The van der Waals surface area contributed by atoms with E-state index in [0.717, 1.165) is 48.2 Å². The molecule has 5 nitrogen and oxygen atoms in total. The number of anilines is 1. The van der Waals surface area contributed by atoms with Crippen LogP contribution in [0.4, 0.5) is 5.69 Å². The van der Waals surface area contributed by atoms with Gasteiger partial charge < -0.3 is 20.5 Å². The van der Waals surface area contributed by atoms with Gasteiger partial charge in [0.25, 0.3) is 5.91 Å². The Kier molecular flexibility index (Phi) is 4.19. The van der Waals surface area contributed by atoms with Crippen LogP contribution in [0, 0.1) is 0 Å². The monoisotopic (exact) mass is 338 g/mol. The molecule has 2 aliphatic rings. The van der Waals surface area contributed by atoms with Crippen molar-refractivity contribution in [3.63, 3.8) is 0 Å². The Balaban J connectivity index is 1.77. The summed E-state index contributed by atoms with van der Waals surface area (Å²) in [6.45, 7) is 0. The number of nitrogens with one attached hydrogen (secondary N) is 2. The lowest BCUT2D eigenvalue weighted by Gasteiger charge is -2.13. The van der Waals surface area contributed by atoms with E-state index in [1.807, 2.05) is 30.3 Å².